The largest absolute Gasteiger partial charge is 0.399 e. The first-order chi connectivity index (χ1) is 9.08. The van der Waals surface area contributed by atoms with Gasteiger partial charge in [-0.1, -0.05) is 13.8 Å². The maximum Gasteiger partial charge on any atom is 0.135 e. The molecule has 0 saturated heterocycles. The normalized spacial score (nSPS) is 13.3. The van der Waals surface area contributed by atoms with Crippen molar-refractivity contribution in [1.82, 2.24) is 9.55 Å². The predicted octanol–water partition coefficient (Wildman–Crippen LogP) is 1.69. The minimum atomic E-state index is -0.122. The van der Waals surface area contributed by atoms with E-state index in [0.717, 1.165) is 11.0 Å². The van der Waals surface area contributed by atoms with Gasteiger partial charge in [0, 0.05) is 18.3 Å². The summed E-state index contributed by atoms with van der Waals surface area (Å²) in [6, 6.07) is 5.67. The van der Waals surface area contributed by atoms with Crippen molar-refractivity contribution in [3.05, 3.63) is 24.0 Å². The molecule has 104 valence electrons. The van der Waals surface area contributed by atoms with Crippen molar-refractivity contribution in [3.8, 4) is 0 Å². The average Bonchev–Trinajstić information content (AvgIpc) is 2.72. The zero-order valence-corrected chi connectivity index (χ0v) is 11.4. The number of hydrogen-bond acceptors (Lipinski definition) is 4. The fourth-order valence-corrected chi connectivity index (χ4v) is 2.54. The number of fused-ring (bicyclic) bond motifs is 1. The zero-order valence-electron chi connectivity index (χ0n) is 11.4. The summed E-state index contributed by atoms with van der Waals surface area (Å²) in [7, 11) is 0. The van der Waals surface area contributed by atoms with Gasteiger partial charge in [0.1, 0.15) is 12.4 Å². The second kappa shape index (κ2) is 5.59. The molecule has 2 rings (SSSR count). The highest BCUT2D eigenvalue weighted by atomic mass is 16.3. The first-order valence-electron chi connectivity index (χ1n) is 6.56. The third kappa shape index (κ3) is 2.57. The summed E-state index contributed by atoms with van der Waals surface area (Å²) in [6.07, 6.45) is 0.639. The van der Waals surface area contributed by atoms with E-state index in [2.05, 4.69) is 18.8 Å². The Hall–Kier alpha value is -1.59. The van der Waals surface area contributed by atoms with Crippen LogP contribution in [0, 0.1) is 5.92 Å². The van der Waals surface area contributed by atoms with Crippen molar-refractivity contribution in [2.45, 2.75) is 32.9 Å². The van der Waals surface area contributed by atoms with Gasteiger partial charge in [-0.05, 0) is 30.5 Å². The molecular weight excluding hydrogens is 242 g/mol. The second-order valence-electron chi connectivity index (χ2n) is 5.13. The summed E-state index contributed by atoms with van der Waals surface area (Å²) in [5.74, 6) is 0.958. The number of anilines is 1. The Balaban J connectivity index is 2.61. The van der Waals surface area contributed by atoms with Crippen molar-refractivity contribution in [2.24, 2.45) is 5.92 Å². The molecule has 0 aliphatic rings. The van der Waals surface area contributed by atoms with Gasteiger partial charge < -0.3 is 20.5 Å². The molecular formula is C14H21N3O2. The predicted molar refractivity (Wildman–Crippen MR) is 75.6 cm³/mol. The first-order valence-corrected chi connectivity index (χ1v) is 6.56. The lowest BCUT2D eigenvalue weighted by molar-refractivity contribution is 0.218. The fourth-order valence-electron chi connectivity index (χ4n) is 2.54. The minimum absolute atomic E-state index is 0.112. The lowest BCUT2D eigenvalue weighted by atomic mass is 10.0. The Morgan fingerprint density at radius 2 is 2.05 bits per heavy atom. The van der Waals surface area contributed by atoms with E-state index < -0.39 is 0 Å². The fraction of sp³-hybridized carbons (Fsp3) is 0.500. The molecule has 0 fully saturated rings. The smallest absolute Gasteiger partial charge is 0.135 e. The topological polar surface area (TPSA) is 84.3 Å². The highest BCUT2D eigenvalue weighted by Crippen LogP contribution is 2.29. The van der Waals surface area contributed by atoms with Crippen LogP contribution in [0.2, 0.25) is 0 Å². The molecule has 1 atom stereocenters. The minimum Gasteiger partial charge on any atom is -0.399 e. The summed E-state index contributed by atoms with van der Waals surface area (Å²) in [5, 5.41) is 18.8. The lowest BCUT2D eigenvalue weighted by Gasteiger charge is -2.24. The van der Waals surface area contributed by atoms with Gasteiger partial charge in [-0.25, -0.2) is 4.98 Å². The Morgan fingerprint density at radius 1 is 1.32 bits per heavy atom. The highest BCUT2D eigenvalue weighted by Gasteiger charge is 2.21. The average molecular weight is 263 g/mol. The first kappa shape index (κ1) is 13.8. The standard InChI is InChI=1S/C14H21N3O2/c1-9(2)12(5-6-18)17-13-4-3-10(15)7-11(13)16-14(17)8-19/h3-4,7,9,12,18-19H,5-6,8,15H2,1-2H3. The molecule has 0 aliphatic carbocycles. The SMILES string of the molecule is CC(C)C(CCO)n1c(CO)nc2cc(N)ccc21. The molecule has 1 heterocycles. The van der Waals surface area contributed by atoms with E-state index in [0.29, 0.717) is 23.9 Å². The van der Waals surface area contributed by atoms with Crippen LogP contribution in [0.5, 0.6) is 0 Å². The van der Waals surface area contributed by atoms with Gasteiger partial charge in [-0.3, -0.25) is 0 Å². The molecule has 5 nitrogen and oxygen atoms in total. The molecule has 0 aliphatic heterocycles. The van der Waals surface area contributed by atoms with Gasteiger partial charge in [0.25, 0.3) is 0 Å². The second-order valence-corrected chi connectivity index (χ2v) is 5.13. The number of aromatic nitrogens is 2. The van der Waals surface area contributed by atoms with Gasteiger partial charge >= 0.3 is 0 Å². The van der Waals surface area contributed by atoms with E-state index in [1.54, 1.807) is 6.07 Å². The maximum absolute atomic E-state index is 9.51. The molecule has 0 spiro atoms. The number of rotatable bonds is 5. The molecule has 0 radical (unpaired) electrons. The van der Waals surface area contributed by atoms with Crippen molar-refractivity contribution in [3.63, 3.8) is 0 Å². The highest BCUT2D eigenvalue weighted by molar-refractivity contribution is 5.79. The molecule has 0 saturated carbocycles. The van der Waals surface area contributed by atoms with E-state index in [1.165, 1.54) is 0 Å². The Labute approximate surface area is 112 Å². The van der Waals surface area contributed by atoms with Gasteiger partial charge in [0.15, 0.2) is 0 Å². The van der Waals surface area contributed by atoms with Crippen LogP contribution in [0.15, 0.2) is 18.2 Å². The van der Waals surface area contributed by atoms with Crippen LogP contribution in [-0.2, 0) is 6.61 Å². The number of imidazole rings is 1. The van der Waals surface area contributed by atoms with Gasteiger partial charge in [-0.15, -0.1) is 0 Å². The third-order valence-electron chi connectivity index (χ3n) is 3.45. The van der Waals surface area contributed by atoms with E-state index in [4.69, 9.17) is 5.73 Å². The van der Waals surface area contributed by atoms with E-state index in [-0.39, 0.29) is 19.3 Å². The lowest BCUT2D eigenvalue weighted by Crippen LogP contribution is -2.19. The number of nitrogens with two attached hydrogens (primary N) is 1. The van der Waals surface area contributed by atoms with Gasteiger partial charge in [0.05, 0.1) is 11.0 Å². The maximum atomic E-state index is 9.51. The van der Waals surface area contributed by atoms with Crippen LogP contribution in [-0.4, -0.2) is 26.4 Å². The number of aliphatic hydroxyl groups excluding tert-OH is 2. The number of nitrogens with zero attached hydrogens (tertiary/aromatic N) is 2. The van der Waals surface area contributed by atoms with Crippen LogP contribution in [0.4, 0.5) is 5.69 Å². The van der Waals surface area contributed by atoms with Crippen molar-refractivity contribution in [1.29, 1.82) is 0 Å². The van der Waals surface area contributed by atoms with Crippen LogP contribution in [0.25, 0.3) is 11.0 Å². The van der Waals surface area contributed by atoms with Crippen molar-refractivity contribution < 1.29 is 10.2 Å². The molecule has 0 bridgehead atoms. The molecule has 4 N–H and O–H groups in total. The summed E-state index contributed by atoms with van der Waals surface area (Å²) in [4.78, 5) is 4.43. The van der Waals surface area contributed by atoms with Crippen molar-refractivity contribution in [2.75, 3.05) is 12.3 Å². The number of hydrogen-bond donors (Lipinski definition) is 3. The van der Waals surface area contributed by atoms with Gasteiger partial charge in [0.2, 0.25) is 0 Å². The number of aliphatic hydroxyl groups is 2. The monoisotopic (exact) mass is 263 g/mol. The summed E-state index contributed by atoms with van der Waals surface area (Å²) in [5.41, 5.74) is 8.16. The Bertz CT molecular complexity index is 563. The third-order valence-corrected chi connectivity index (χ3v) is 3.45. The summed E-state index contributed by atoms with van der Waals surface area (Å²) in [6.45, 7) is 4.20. The number of nitrogen functional groups attached to an aromatic ring is 1. The summed E-state index contributed by atoms with van der Waals surface area (Å²) >= 11 is 0. The molecule has 2 aromatic rings. The van der Waals surface area contributed by atoms with Crippen LogP contribution in [0.1, 0.15) is 32.1 Å². The Kier molecular flexibility index (Phi) is 4.07. The summed E-state index contributed by atoms with van der Waals surface area (Å²) < 4.78 is 2.02. The molecule has 5 heteroatoms. The molecule has 19 heavy (non-hydrogen) atoms. The molecule has 1 unspecified atom stereocenters. The molecule has 1 aromatic carbocycles. The van der Waals surface area contributed by atoms with Crippen LogP contribution >= 0.6 is 0 Å². The van der Waals surface area contributed by atoms with Crippen molar-refractivity contribution >= 4 is 16.7 Å². The molecule has 0 amide bonds. The molecule has 1 aromatic heterocycles. The zero-order chi connectivity index (χ0) is 14.0. The van der Waals surface area contributed by atoms with E-state index >= 15 is 0 Å². The quantitative estimate of drug-likeness (QED) is 0.717. The van der Waals surface area contributed by atoms with E-state index in [9.17, 15) is 10.2 Å². The number of benzene rings is 1. The van der Waals surface area contributed by atoms with Gasteiger partial charge in [-0.2, -0.15) is 0 Å². The Morgan fingerprint density at radius 3 is 2.63 bits per heavy atom. The van der Waals surface area contributed by atoms with Crippen LogP contribution in [0.3, 0.4) is 0 Å². The van der Waals surface area contributed by atoms with E-state index in [1.807, 2.05) is 16.7 Å². The van der Waals surface area contributed by atoms with Crippen LogP contribution < -0.4 is 5.73 Å².